The lowest BCUT2D eigenvalue weighted by atomic mass is 9.97. The molecule has 0 spiro atoms. The molecule has 2 amide bonds. The number of benzene rings is 8. The van der Waals surface area contributed by atoms with Crippen molar-refractivity contribution in [2.24, 2.45) is 0 Å². The van der Waals surface area contributed by atoms with Gasteiger partial charge in [-0.15, -0.1) is 0 Å². The van der Waals surface area contributed by atoms with E-state index in [1.54, 1.807) is 30.3 Å². The first-order valence-electron chi connectivity index (χ1n) is 18.9. The topological polar surface area (TPSA) is 89.9 Å². The van der Waals surface area contributed by atoms with Gasteiger partial charge in [-0.2, -0.15) is 10.5 Å². The molecule has 10 rings (SSSR count). The molecule has 0 N–H and O–H groups in total. The van der Waals surface area contributed by atoms with Gasteiger partial charge in [0.1, 0.15) is 0 Å². The number of fused-ring (bicyclic) bond motifs is 4. The highest BCUT2D eigenvalue weighted by Crippen LogP contribution is 2.44. The summed E-state index contributed by atoms with van der Waals surface area (Å²) in [6.45, 7) is 0. The summed E-state index contributed by atoms with van der Waals surface area (Å²) < 4.78 is 2.12. The molecular formula is C52H30N4O2. The van der Waals surface area contributed by atoms with Crippen LogP contribution in [0.2, 0.25) is 0 Å². The lowest BCUT2D eigenvalue weighted by Gasteiger charge is -2.18. The fraction of sp³-hybridized carbons (Fsp3) is 0. The highest BCUT2D eigenvalue weighted by atomic mass is 16.2. The normalized spacial score (nSPS) is 12.1. The van der Waals surface area contributed by atoms with E-state index >= 15 is 4.79 Å². The van der Waals surface area contributed by atoms with Gasteiger partial charge in [0, 0.05) is 21.9 Å². The number of anilines is 1. The number of carbonyl (C=O) groups excluding carboxylic acids is 2. The molecule has 0 saturated heterocycles. The van der Waals surface area contributed by atoms with E-state index in [0.29, 0.717) is 33.6 Å². The van der Waals surface area contributed by atoms with Gasteiger partial charge >= 0.3 is 0 Å². The van der Waals surface area contributed by atoms with Crippen LogP contribution in [0.5, 0.6) is 0 Å². The first kappa shape index (κ1) is 34.2. The zero-order chi connectivity index (χ0) is 39.3. The molecule has 2 heterocycles. The summed E-state index contributed by atoms with van der Waals surface area (Å²) in [7, 11) is 0. The second kappa shape index (κ2) is 13.8. The molecular weight excluding hydrogens is 713 g/mol. The summed E-state index contributed by atoms with van der Waals surface area (Å²) in [5.41, 5.74) is 11.8. The Morgan fingerprint density at radius 1 is 0.397 bits per heavy atom. The van der Waals surface area contributed by atoms with Crippen molar-refractivity contribution in [3.05, 3.63) is 204 Å². The van der Waals surface area contributed by atoms with Crippen molar-refractivity contribution in [3.8, 4) is 62.3 Å². The van der Waals surface area contributed by atoms with Crippen LogP contribution in [-0.2, 0) is 0 Å². The zero-order valence-corrected chi connectivity index (χ0v) is 30.9. The van der Waals surface area contributed by atoms with Crippen molar-refractivity contribution in [2.75, 3.05) is 4.90 Å². The van der Waals surface area contributed by atoms with Crippen LogP contribution in [0, 0.1) is 22.7 Å². The largest absolute Gasteiger partial charge is 0.307 e. The van der Waals surface area contributed by atoms with Gasteiger partial charge in [0.2, 0.25) is 0 Å². The third kappa shape index (κ3) is 5.48. The number of rotatable bonds is 6. The fourth-order valence-corrected chi connectivity index (χ4v) is 8.29. The van der Waals surface area contributed by atoms with Crippen molar-refractivity contribution in [2.45, 2.75) is 0 Å². The Bertz CT molecular complexity index is 3030. The van der Waals surface area contributed by atoms with Gasteiger partial charge in [0.05, 0.1) is 56.8 Å². The molecule has 6 nitrogen and oxygen atoms in total. The maximum absolute atomic E-state index is 15.2. The van der Waals surface area contributed by atoms with Crippen LogP contribution in [0.3, 0.4) is 0 Å². The lowest BCUT2D eigenvalue weighted by molar-refractivity contribution is 0.0926. The summed E-state index contributed by atoms with van der Waals surface area (Å²) in [5, 5.41) is 21.1. The minimum absolute atomic E-state index is 0.307. The Balaban J connectivity index is 1.24. The minimum Gasteiger partial charge on any atom is -0.307 e. The van der Waals surface area contributed by atoms with Crippen LogP contribution in [0.15, 0.2) is 182 Å². The molecule has 58 heavy (non-hydrogen) atoms. The average molecular weight is 743 g/mol. The third-order valence-corrected chi connectivity index (χ3v) is 11.0. The average Bonchev–Trinajstić information content (AvgIpc) is 3.77. The monoisotopic (exact) mass is 742 g/mol. The van der Waals surface area contributed by atoms with Crippen LogP contribution < -0.4 is 4.90 Å². The maximum atomic E-state index is 15.2. The van der Waals surface area contributed by atoms with Crippen LogP contribution >= 0.6 is 0 Å². The molecule has 0 bridgehead atoms. The van der Waals surface area contributed by atoms with Crippen LogP contribution in [0.4, 0.5) is 5.69 Å². The minimum atomic E-state index is -0.415. The molecule has 9 aromatic rings. The van der Waals surface area contributed by atoms with Gasteiger partial charge in [0.25, 0.3) is 11.8 Å². The van der Waals surface area contributed by atoms with Gasteiger partial charge < -0.3 is 4.57 Å². The molecule has 0 unspecified atom stereocenters. The van der Waals surface area contributed by atoms with Crippen LogP contribution in [0.1, 0.15) is 31.8 Å². The van der Waals surface area contributed by atoms with Gasteiger partial charge in [0.15, 0.2) is 0 Å². The Morgan fingerprint density at radius 3 is 1.34 bits per heavy atom. The van der Waals surface area contributed by atoms with Crippen molar-refractivity contribution < 1.29 is 9.59 Å². The molecule has 8 aromatic carbocycles. The molecule has 0 radical (unpaired) electrons. The van der Waals surface area contributed by atoms with Crippen LogP contribution in [0.25, 0.3) is 72.0 Å². The summed E-state index contributed by atoms with van der Waals surface area (Å²) in [6.07, 6.45) is 0. The number of hydrogen-bond acceptors (Lipinski definition) is 4. The Labute approximate surface area is 334 Å². The summed E-state index contributed by atoms with van der Waals surface area (Å²) in [5.74, 6) is -0.812. The van der Waals surface area contributed by atoms with E-state index < -0.39 is 11.8 Å². The number of carbonyl (C=O) groups is 2. The van der Waals surface area contributed by atoms with Gasteiger partial charge in [-0.25, -0.2) is 4.90 Å². The fourth-order valence-electron chi connectivity index (χ4n) is 8.29. The van der Waals surface area contributed by atoms with Gasteiger partial charge in [-0.3, -0.25) is 9.59 Å². The molecule has 1 aliphatic rings. The SMILES string of the molecule is N#Cc1ccc(-c2cccc3c4cccc(-c5ccc(C#N)cc5)c4n(-c4cccc5c4C(=O)N(c4cc(-c6ccccc6)cc(-c6ccccc6)c4)C5=O)c23)cc1. The van der Waals surface area contributed by atoms with Crippen molar-refractivity contribution in [3.63, 3.8) is 0 Å². The number of amides is 2. The summed E-state index contributed by atoms with van der Waals surface area (Å²) in [4.78, 5) is 31.2. The Kier molecular flexibility index (Phi) is 8.11. The molecule has 6 heteroatoms. The second-order valence-electron chi connectivity index (χ2n) is 14.3. The second-order valence-corrected chi connectivity index (χ2v) is 14.3. The predicted molar refractivity (Wildman–Crippen MR) is 230 cm³/mol. The van der Waals surface area contributed by atoms with E-state index in [-0.39, 0.29) is 0 Å². The lowest BCUT2D eigenvalue weighted by Crippen LogP contribution is -2.29. The molecule has 0 aliphatic carbocycles. The molecule has 0 atom stereocenters. The Morgan fingerprint density at radius 2 is 0.862 bits per heavy atom. The molecule has 1 aliphatic heterocycles. The molecule has 0 fully saturated rings. The van der Waals surface area contributed by atoms with E-state index in [0.717, 1.165) is 66.3 Å². The first-order chi connectivity index (χ1) is 28.5. The Hall–Kier alpha value is -8.32. The molecule has 0 saturated carbocycles. The standard InChI is InChI=1S/C52H30N4O2/c53-31-33-20-24-37(25-21-33)42-14-7-16-44-45-17-8-15-43(38-26-22-34(32-54)23-27-38)50(45)56(49(42)44)47-19-9-18-46-48(47)52(58)55(51(46)57)41-29-39(35-10-3-1-4-11-35)28-40(30-41)36-12-5-2-6-13-36/h1-30H. The van der Waals surface area contributed by atoms with Gasteiger partial charge in [-0.1, -0.05) is 127 Å². The van der Waals surface area contributed by atoms with Gasteiger partial charge in [-0.05, 0) is 88.0 Å². The number of imide groups is 1. The van der Waals surface area contributed by atoms with E-state index in [9.17, 15) is 15.3 Å². The van der Waals surface area contributed by atoms with Crippen molar-refractivity contribution >= 4 is 39.3 Å². The number of aromatic nitrogens is 1. The summed E-state index contributed by atoms with van der Waals surface area (Å²) in [6, 6.07) is 63.0. The zero-order valence-electron chi connectivity index (χ0n) is 30.9. The van der Waals surface area contributed by atoms with E-state index in [2.05, 4.69) is 34.9 Å². The summed E-state index contributed by atoms with van der Waals surface area (Å²) >= 11 is 0. The van der Waals surface area contributed by atoms with Crippen molar-refractivity contribution in [1.82, 2.24) is 4.57 Å². The van der Waals surface area contributed by atoms with Crippen molar-refractivity contribution in [1.29, 1.82) is 10.5 Å². The highest BCUT2D eigenvalue weighted by molar-refractivity contribution is 6.36. The number of nitrogens with zero attached hydrogens (tertiary/aromatic N) is 4. The highest BCUT2D eigenvalue weighted by Gasteiger charge is 2.40. The van der Waals surface area contributed by atoms with E-state index in [1.165, 1.54) is 4.90 Å². The number of nitriles is 2. The maximum Gasteiger partial charge on any atom is 0.268 e. The number of hydrogen-bond donors (Lipinski definition) is 0. The van der Waals surface area contributed by atoms with Crippen LogP contribution in [-0.4, -0.2) is 16.4 Å². The quantitative estimate of drug-likeness (QED) is 0.159. The van der Waals surface area contributed by atoms with E-state index in [1.807, 2.05) is 133 Å². The number of para-hydroxylation sites is 2. The third-order valence-electron chi connectivity index (χ3n) is 11.0. The molecule has 270 valence electrons. The predicted octanol–water partition coefficient (Wildman–Crippen LogP) is 12.0. The van der Waals surface area contributed by atoms with E-state index in [4.69, 9.17) is 0 Å². The molecule has 1 aromatic heterocycles. The first-order valence-corrected chi connectivity index (χ1v) is 18.9. The smallest absolute Gasteiger partial charge is 0.268 e.